The minimum absolute atomic E-state index is 0.0184. The highest BCUT2D eigenvalue weighted by Gasteiger charge is 2.17. The topological polar surface area (TPSA) is 114 Å². The Hall–Kier alpha value is -6.28. The summed E-state index contributed by atoms with van der Waals surface area (Å²) in [4.78, 5) is 51.3. The second kappa shape index (κ2) is 16.9. The van der Waals surface area contributed by atoms with Crippen molar-refractivity contribution in [2.45, 2.75) is 19.4 Å². The quantitative estimate of drug-likeness (QED) is 0.0912. The van der Waals surface area contributed by atoms with Crippen LogP contribution in [0.5, 0.6) is 5.75 Å². The predicted octanol–water partition coefficient (Wildman–Crippen LogP) is 6.84. The van der Waals surface area contributed by atoms with E-state index in [0.29, 0.717) is 23.5 Å². The minimum atomic E-state index is -0.343. The molecule has 0 unspecified atom stereocenters. The summed E-state index contributed by atoms with van der Waals surface area (Å²) in [5, 5.41) is 8.33. The SMILES string of the molecule is O=C(C=Cc1ccc(OCc2ccccc2)cc1)NCCC(=O)Nc1ccc(NC(=O)Cc2ccccc2)c(C(=O)c2ccccc2)c1. The zero-order chi connectivity index (χ0) is 33.6. The molecule has 0 bridgehead atoms. The van der Waals surface area contributed by atoms with Crippen LogP contribution in [0, 0.1) is 0 Å². The van der Waals surface area contributed by atoms with Crippen molar-refractivity contribution in [1.82, 2.24) is 5.32 Å². The molecule has 5 aromatic rings. The predicted molar refractivity (Wildman–Crippen MR) is 188 cm³/mol. The highest BCUT2D eigenvalue weighted by molar-refractivity contribution is 6.14. The van der Waals surface area contributed by atoms with E-state index in [2.05, 4.69) is 16.0 Å². The summed E-state index contributed by atoms with van der Waals surface area (Å²) in [6, 6.07) is 40.1. The van der Waals surface area contributed by atoms with Crippen LogP contribution < -0.4 is 20.7 Å². The lowest BCUT2D eigenvalue weighted by Gasteiger charge is -2.14. The summed E-state index contributed by atoms with van der Waals surface area (Å²) in [5.41, 5.74) is 4.18. The maximum Gasteiger partial charge on any atom is 0.244 e. The molecule has 0 atom stereocenters. The third kappa shape index (κ3) is 10.1. The molecule has 0 fully saturated rings. The zero-order valence-corrected chi connectivity index (χ0v) is 26.2. The normalized spacial score (nSPS) is 10.7. The number of carbonyl (C=O) groups is 4. The molecule has 5 aromatic carbocycles. The molecule has 0 aliphatic rings. The van der Waals surface area contributed by atoms with Crippen LogP contribution in [0.1, 0.15) is 39.0 Å². The lowest BCUT2D eigenvalue weighted by atomic mass is 10.0. The number of amides is 3. The zero-order valence-electron chi connectivity index (χ0n) is 26.2. The van der Waals surface area contributed by atoms with Crippen LogP contribution in [0.3, 0.4) is 0 Å². The van der Waals surface area contributed by atoms with Gasteiger partial charge in [-0.3, -0.25) is 19.2 Å². The lowest BCUT2D eigenvalue weighted by molar-refractivity contribution is -0.118. The molecular weight excluding hydrogens is 602 g/mol. The van der Waals surface area contributed by atoms with E-state index in [1.54, 1.807) is 48.5 Å². The van der Waals surface area contributed by atoms with E-state index < -0.39 is 0 Å². The summed E-state index contributed by atoms with van der Waals surface area (Å²) in [6.45, 7) is 0.586. The Balaban J connectivity index is 1.13. The molecule has 3 amide bonds. The van der Waals surface area contributed by atoms with Crippen LogP contribution in [-0.2, 0) is 27.4 Å². The van der Waals surface area contributed by atoms with E-state index in [4.69, 9.17) is 4.74 Å². The van der Waals surface area contributed by atoms with Gasteiger partial charge in [-0.25, -0.2) is 0 Å². The number of ketones is 1. The van der Waals surface area contributed by atoms with E-state index in [1.807, 2.05) is 91.0 Å². The van der Waals surface area contributed by atoms with Gasteiger partial charge < -0.3 is 20.7 Å². The molecule has 0 spiro atoms. The number of ether oxygens (including phenoxy) is 1. The molecule has 0 aromatic heterocycles. The number of hydrogen-bond donors (Lipinski definition) is 3. The fraction of sp³-hybridized carbons (Fsp3) is 0.100. The third-order valence-corrected chi connectivity index (χ3v) is 7.27. The summed E-state index contributed by atoms with van der Waals surface area (Å²) in [5.74, 6) is -0.516. The highest BCUT2D eigenvalue weighted by Crippen LogP contribution is 2.24. The van der Waals surface area contributed by atoms with E-state index >= 15 is 0 Å². The summed E-state index contributed by atoms with van der Waals surface area (Å²) >= 11 is 0. The Morgan fingerprint density at radius 1 is 0.646 bits per heavy atom. The smallest absolute Gasteiger partial charge is 0.244 e. The lowest BCUT2D eigenvalue weighted by Crippen LogP contribution is -2.26. The van der Waals surface area contributed by atoms with Gasteiger partial charge in [-0.1, -0.05) is 103 Å². The Labute approximate surface area is 279 Å². The largest absolute Gasteiger partial charge is 0.489 e. The second-order valence-electron chi connectivity index (χ2n) is 10.9. The molecule has 48 heavy (non-hydrogen) atoms. The van der Waals surface area contributed by atoms with E-state index in [-0.39, 0.29) is 48.5 Å². The van der Waals surface area contributed by atoms with Gasteiger partial charge >= 0.3 is 0 Å². The monoisotopic (exact) mass is 637 g/mol. The van der Waals surface area contributed by atoms with Crippen molar-refractivity contribution >= 4 is 41.0 Å². The van der Waals surface area contributed by atoms with Gasteiger partial charge in [0.15, 0.2) is 5.78 Å². The molecule has 0 aliphatic heterocycles. The van der Waals surface area contributed by atoms with Crippen molar-refractivity contribution in [1.29, 1.82) is 0 Å². The Morgan fingerprint density at radius 3 is 1.98 bits per heavy atom. The van der Waals surface area contributed by atoms with Gasteiger partial charge in [0.25, 0.3) is 0 Å². The van der Waals surface area contributed by atoms with Crippen LogP contribution in [-0.4, -0.2) is 30.0 Å². The molecule has 0 saturated carbocycles. The van der Waals surface area contributed by atoms with Gasteiger partial charge in [0.05, 0.1) is 12.1 Å². The van der Waals surface area contributed by atoms with Gasteiger partial charge in [0.2, 0.25) is 17.7 Å². The number of hydrogen-bond acceptors (Lipinski definition) is 5. The van der Waals surface area contributed by atoms with Crippen LogP contribution >= 0.6 is 0 Å². The average molecular weight is 638 g/mol. The van der Waals surface area contributed by atoms with Gasteiger partial charge in [-0.15, -0.1) is 0 Å². The number of anilines is 2. The van der Waals surface area contributed by atoms with E-state index in [1.165, 1.54) is 6.08 Å². The van der Waals surface area contributed by atoms with Crippen molar-refractivity contribution in [3.8, 4) is 5.75 Å². The number of benzene rings is 5. The van der Waals surface area contributed by atoms with Crippen LogP contribution in [0.4, 0.5) is 11.4 Å². The molecule has 3 N–H and O–H groups in total. The van der Waals surface area contributed by atoms with Crippen molar-refractivity contribution < 1.29 is 23.9 Å². The Morgan fingerprint density at radius 2 is 1.29 bits per heavy atom. The second-order valence-corrected chi connectivity index (χ2v) is 10.9. The van der Waals surface area contributed by atoms with Crippen molar-refractivity contribution in [3.63, 3.8) is 0 Å². The van der Waals surface area contributed by atoms with E-state index in [0.717, 1.165) is 22.4 Å². The van der Waals surface area contributed by atoms with Gasteiger partial charge in [-0.2, -0.15) is 0 Å². The number of carbonyl (C=O) groups excluding carboxylic acids is 4. The summed E-state index contributed by atoms with van der Waals surface area (Å²) < 4.78 is 5.80. The first-order valence-corrected chi connectivity index (χ1v) is 15.5. The van der Waals surface area contributed by atoms with Gasteiger partial charge in [0.1, 0.15) is 12.4 Å². The molecular formula is C40H35N3O5. The first-order valence-electron chi connectivity index (χ1n) is 15.5. The first kappa shape index (κ1) is 33.1. The minimum Gasteiger partial charge on any atom is -0.489 e. The average Bonchev–Trinajstić information content (AvgIpc) is 3.12. The highest BCUT2D eigenvalue weighted by atomic mass is 16.5. The number of rotatable bonds is 14. The molecule has 5 rings (SSSR count). The molecule has 0 saturated heterocycles. The maximum absolute atomic E-state index is 13.4. The molecule has 0 heterocycles. The fourth-order valence-electron chi connectivity index (χ4n) is 4.81. The number of nitrogens with one attached hydrogen (secondary N) is 3. The van der Waals surface area contributed by atoms with E-state index in [9.17, 15) is 19.2 Å². The molecule has 240 valence electrons. The standard InChI is InChI=1S/C40H35N3O5/c44-37(23-18-29-16-20-34(21-17-29)48-28-31-12-6-2-7-13-31)41-25-24-38(45)42-33-19-22-36(43-39(46)26-30-10-4-1-5-11-30)35(27-33)40(47)32-14-8-3-9-15-32/h1-23,27H,24-26,28H2,(H,41,44)(H,42,45)(H,43,46). The van der Waals surface area contributed by atoms with Crippen LogP contribution in [0.15, 0.2) is 140 Å². The fourth-order valence-corrected chi connectivity index (χ4v) is 4.81. The van der Waals surface area contributed by atoms with Crippen molar-refractivity contribution in [2.24, 2.45) is 0 Å². The van der Waals surface area contributed by atoms with Crippen LogP contribution in [0.25, 0.3) is 6.08 Å². The summed E-state index contributed by atoms with van der Waals surface area (Å²) in [7, 11) is 0. The molecule has 0 radical (unpaired) electrons. The summed E-state index contributed by atoms with van der Waals surface area (Å²) in [6.07, 6.45) is 3.26. The molecule has 0 aliphatic carbocycles. The third-order valence-electron chi connectivity index (χ3n) is 7.27. The van der Waals surface area contributed by atoms with Gasteiger partial charge in [0, 0.05) is 35.9 Å². The van der Waals surface area contributed by atoms with Crippen molar-refractivity contribution in [2.75, 3.05) is 17.2 Å². The van der Waals surface area contributed by atoms with Crippen molar-refractivity contribution in [3.05, 3.63) is 167 Å². The van der Waals surface area contributed by atoms with Gasteiger partial charge in [-0.05, 0) is 53.1 Å². The Bertz CT molecular complexity index is 1870. The molecule has 8 nitrogen and oxygen atoms in total. The molecule has 8 heteroatoms. The van der Waals surface area contributed by atoms with Crippen LogP contribution in [0.2, 0.25) is 0 Å². The maximum atomic E-state index is 13.4. The Kier molecular flexibility index (Phi) is 11.6. The first-order chi connectivity index (χ1) is 23.4.